The number of carbonyl (C=O) groups excluding carboxylic acids is 2. The second kappa shape index (κ2) is 9.44. The van der Waals surface area contributed by atoms with E-state index >= 15 is 0 Å². The molecule has 9 unspecified atom stereocenters. The fraction of sp³-hybridized carbons (Fsp3) is 0.882. The lowest BCUT2D eigenvalue weighted by molar-refractivity contribution is -0.322. The molecule has 0 bridgehead atoms. The summed E-state index contributed by atoms with van der Waals surface area (Å²) in [5.41, 5.74) is 0. The Morgan fingerprint density at radius 3 is 2.32 bits per heavy atom. The van der Waals surface area contributed by atoms with Crippen LogP contribution < -0.4 is 10.4 Å². The largest absolute Gasteiger partial charge is 0.550 e. The molecule has 1 saturated carbocycles. The summed E-state index contributed by atoms with van der Waals surface area (Å²) >= 11 is 0. The standard InChI is InChI=1S/C17H29NO10/c1-6-11(18-7(2)20)16(13(22)10(5-19)27-6)28-9-4-8(17(24)25)15(26-3)14(23)12(9)21/h6,8-16,19,21-23H,4-5H2,1-3H3,(H,18,20)(H,24,25)/p-1/t6-,8?,9?,10?,11?,12?,13?,14?,15?,16?/m1/s1. The van der Waals surface area contributed by atoms with Crippen molar-refractivity contribution in [2.24, 2.45) is 5.92 Å². The topological polar surface area (TPSA) is 178 Å². The van der Waals surface area contributed by atoms with Gasteiger partial charge in [0.25, 0.3) is 0 Å². The first kappa shape index (κ1) is 22.9. The molecule has 162 valence electrons. The Morgan fingerprint density at radius 2 is 1.82 bits per heavy atom. The first-order chi connectivity index (χ1) is 13.1. The summed E-state index contributed by atoms with van der Waals surface area (Å²) < 4.78 is 16.3. The molecule has 28 heavy (non-hydrogen) atoms. The highest BCUT2D eigenvalue weighted by molar-refractivity contribution is 5.73. The molecular weight excluding hydrogens is 378 g/mol. The summed E-state index contributed by atoms with van der Waals surface area (Å²) in [6.07, 6.45) is -9.83. The zero-order chi connectivity index (χ0) is 21.2. The van der Waals surface area contributed by atoms with Crippen molar-refractivity contribution in [1.82, 2.24) is 5.32 Å². The van der Waals surface area contributed by atoms with Crippen molar-refractivity contribution in [3.05, 3.63) is 0 Å². The number of carboxylic acids is 1. The highest BCUT2D eigenvalue weighted by atomic mass is 16.6. The van der Waals surface area contributed by atoms with Crippen LogP contribution in [-0.4, -0.2) is 101 Å². The molecule has 0 aromatic carbocycles. The monoisotopic (exact) mass is 406 g/mol. The van der Waals surface area contributed by atoms with E-state index in [1.807, 2.05) is 0 Å². The van der Waals surface area contributed by atoms with Crippen LogP contribution in [0.25, 0.3) is 0 Å². The predicted molar refractivity (Wildman–Crippen MR) is 89.6 cm³/mol. The van der Waals surface area contributed by atoms with E-state index in [-0.39, 0.29) is 6.42 Å². The van der Waals surface area contributed by atoms with E-state index in [0.717, 1.165) is 0 Å². The fourth-order valence-corrected chi connectivity index (χ4v) is 3.93. The number of carbonyl (C=O) groups is 2. The minimum Gasteiger partial charge on any atom is -0.550 e. The highest BCUT2D eigenvalue weighted by Crippen LogP contribution is 2.33. The van der Waals surface area contributed by atoms with Crippen molar-refractivity contribution >= 4 is 11.9 Å². The van der Waals surface area contributed by atoms with Crippen LogP contribution in [-0.2, 0) is 23.8 Å². The van der Waals surface area contributed by atoms with E-state index in [2.05, 4.69) is 5.32 Å². The van der Waals surface area contributed by atoms with Crippen LogP contribution in [0.3, 0.4) is 0 Å². The first-order valence-electron chi connectivity index (χ1n) is 9.09. The minimum absolute atomic E-state index is 0.242. The Morgan fingerprint density at radius 1 is 1.18 bits per heavy atom. The molecule has 2 fully saturated rings. The molecule has 1 aliphatic carbocycles. The number of aliphatic carboxylic acids is 1. The molecule has 11 nitrogen and oxygen atoms in total. The van der Waals surface area contributed by atoms with Crippen LogP contribution in [0.15, 0.2) is 0 Å². The van der Waals surface area contributed by atoms with Gasteiger partial charge in [0.15, 0.2) is 0 Å². The maximum absolute atomic E-state index is 11.5. The Labute approximate surface area is 162 Å². The normalized spacial score (nSPS) is 44.1. The van der Waals surface area contributed by atoms with Gasteiger partial charge in [0.1, 0.15) is 30.5 Å². The molecule has 0 spiro atoms. The van der Waals surface area contributed by atoms with Gasteiger partial charge in [0.2, 0.25) is 5.91 Å². The predicted octanol–water partition coefficient (Wildman–Crippen LogP) is -4.11. The van der Waals surface area contributed by atoms with E-state index in [9.17, 15) is 35.1 Å². The fourth-order valence-electron chi connectivity index (χ4n) is 3.93. The summed E-state index contributed by atoms with van der Waals surface area (Å²) in [6.45, 7) is 2.37. The van der Waals surface area contributed by atoms with Crippen molar-refractivity contribution in [2.75, 3.05) is 13.7 Å². The quantitative estimate of drug-likeness (QED) is 0.291. The molecule has 0 radical (unpaired) electrons. The van der Waals surface area contributed by atoms with E-state index in [1.165, 1.54) is 14.0 Å². The van der Waals surface area contributed by atoms with Crippen LogP contribution in [0, 0.1) is 5.92 Å². The van der Waals surface area contributed by atoms with Crippen LogP contribution in [0.4, 0.5) is 0 Å². The molecule has 11 heteroatoms. The van der Waals surface area contributed by atoms with Gasteiger partial charge in [0.05, 0.1) is 31.0 Å². The van der Waals surface area contributed by atoms with E-state index in [1.54, 1.807) is 6.92 Å². The van der Waals surface area contributed by atoms with E-state index in [4.69, 9.17) is 14.2 Å². The van der Waals surface area contributed by atoms with Gasteiger partial charge in [-0.2, -0.15) is 0 Å². The third-order valence-corrected chi connectivity index (χ3v) is 5.37. The van der Waals surface area contributed by atoms with Crippen LogP contribution >= 0.6 is 0 Å². The average Bonchev–Trinajstić information content (AvgIpc) is 2.63. The summed E-state index contributed by atoms with van der Waals surface area (Å²) in [5, 5.41) is 54.6. The van der Waals surface area contributed by atoms with E-state index in [0.29, 0.717) is 0 Å². The molecule has 2 aliphatic rings. The van der Waals surface area contributed by atoms with Gasteiger partial charge in [-0.15, -0.1) is 0 Å². The first-order valence-corrected chi connectivity index (χ1v) is 9.09. The van der Waals surface area contributed by atoms with Gasteiger partial charge in [-0.3, -0.25) is 4.79 Å². The van der Waals surface area contributed by atoms with Crippen molar-refractivity contribution in [3.8, 4) is 0 Å². The number of amides is 1. The van der Waals surface area contributed by atoms with Gasteiger partial charge in [-0.05, 0) is 13.3 Å². The second-order valence-electron chi connectivity index (χ2n) is 7.26. The number of aliphatic hydroxyl groups excluding tert-OH is 4. The van der Waals surface area contributed by atoms with Crippen LogP contribution in [0.1, 0.15) is 20.3 Å². The number of hydrogen-bond acceptors (Lipinski definition) is 10. The van der Waals surface area contributed by atoms with Crippen molar-refractivity contribution in [2.45, 2.75) is 75.1 Å². The second-order valence-corrected chi connectivity index (χ2v) is 7.26. The lowest BCUT2D eigenvalue weighted by atomic mass is 9.80. The van der Waals surface area contributed by atoms with Crippen molar-refractivity contribution < 1.29 is 49.3 Å². The zero-order valence-electron chi connectivity index (χ0n) is 15.9. The number of aliphatic hydroxyl groups is 4. The molecule has 1 saturated heterocycles. The lowest BCUT2D eigenvalue weighted by Crippen LogP contribution is -2.66. The van der Waals surface area contributed by atoms with Gasteiger partial charge in [0, 0.05) is 25.9 Å². The van der Waals surface area contributed by atoms with Gasteiger partial charge in [-0.1, -0.05) is 0 Å². The summed E-state index contributed by atoms with van der Waals surface area (Å²) in [4.78, 5) is 23.0. The molecule has 2 rings (SSSR count). The summed E-state index contributed by atoms with van der Waals surface area (Å²) in [7, 11) is 1.21. The number of ether oxygens (including phenoxy) is 3. The summed E-state index contributed by atoms with van der Waals surface area (Å²) in [6, 6.07) is -0.832. The van der Waals surface area contributed by atoms with E-state index < -0.39 is 79.3 Å². The average molecular weight is 406 g/mol. The Bertz CT molecular complexity index is 560. The number of nitrogens with one attached hydrogen (secondary N) is 1. The molecule has 0 aromatic heterocycles. The molecule has 5 N–H and O–H groups in total. The van der Waals surface area contributed by atoms with Gasteiger partial charge < -0.3 is 49.9 Å². The van der Waals surface area contributed by atoms with Crippen molar-refractivity contribution in [1.29, 1.82) is 0 Å². The Kier molecular flexibility index (Phi) is 7.73. The number of carboxylic acid groups (broad SMARTS) is 1. The smallest absolute Gasteiger partial charge is 0.217 e. The zero-order valence-corrected chi connectivity index (χ0v) is 15.9. The molecule has 1 heterocycles. The van der Waals surface area contributed by atoms with Gasteiger partial charge >= 0.3 is 0 Å². The van der Waals surface area contributed by atoms with Crippen LogP contribution in [0.5, 0.6) is 0 Å². The third-order valence-electron chi connectivity index (χ3n) is 5.37. The number of rotatable bonds is 6. The molecule has 1 aliphatic heterocycles. The molecule has 1 amide bonds. The maximum Gasteiger partial charge on any atom is 0.217 e. The molecule has 10 atom stereocenters. The molecular formula is C17H28NO10-. The number of hydrogen-bond donors (Lipinski definition) is 5. The third kappa shape index (κ3) is 4.62. The highest BCUT2D eigenvalue weighted by Gasteiger charge is 2.50. The lowest BCUT2D eigenvalue weighted by Gasteiger charge is -2.48. The Hall–Kier alpha value is -1.34. The summed E-state index contributed by atoms with van der Waals surface area (Å²) in [5.74, 6) is -3.14. The SMILES string of the molecule is COC1C(C(=O)[O-])CC(OC2C(O)C(CO)O[C@H](C)C2NC(C)=O)C(O)C1O. The minimum atomic E-state index is -1.56. The maximum atomic E-state index is 11.5. The number of methoxy groups -OCH3 is 1. The van der Waals surface area contributed by atoms with Crippen LogP contribution in [0.2, 0.25) is 0 Å². The molecule has 0 aromatic rings. The van der Waals surface area contributed by atoms with Crippen molar-refractivity contribution in [3.63, 3.8) is 0 Å². The Balaban J connectivity index is 2.26. The van der Waals surface area contributed by atoms with Gasteiger partial charge in [-0.25, -0.2) is 0 Å².